The van der Waals surface area contributed by atoms with Crippen molar-refractivity contribution in [1.29, 1.82) is 0 Å². The van der Waals surface area contributed by atoms with Crippen LogP contribution in [0.1, 0.15) is 37.7 Å². The molecule has 1 aliphatic heterocycles. The van der Waals surface area contributed by atoms with Gasteiger partial charge in [-0.2, -0.15) is 0 Å². The second kappa shape index (κ2) is 8.46. The monoisotopic (exact) mass is 316 g/mol. The minimum absolute atomic E-state index is 0.111. The lowest BCUT2D eigenvalue weighted by Crippen LogP contribution is -2.48. The average Bonchev–Trinajstić information content (AvgIpc) is 2.62. The van der Waals surface area contributed by atoms with Gasteiger partial charge in [-0.05, 0) is 18.4 Å². The van der Waals surface area contributed by atoms with Gasteiger partial charge < -0.3 is 10.1 Å². The minimum Gasteiger partial charge on any atom is -0.374 e. The number of carbonyl (C=O) groups is 1. The molecule has 1 aromatic rings. The summed E-state index contributed by atoms with van der Waals surface area (Å²) in [5.41, 5.74) is 1.33. The Morgan fingerprint density at radius 3 is 2.74 bits per heavy atom. The zero-order chi connectivity index (χ0) is 15.9. The summed E-state index contributed by atoms with van der Waals surface area (Å²) in [6, 6.07) is 10.5. The van der Waals surface area contributed by atoms with Gasteiger partial charge >= 0.3 is 0 Å². The van der Waals surface area contributed by atoms with E-state index < -0.39 is 0 Å². The van der Waals surface area contributed by atoms with E-state index in [2.05, 4.69) is 34.5 Å². The summed E-state index contributed by atoms with van der Waals surface area (Å²) in [6.07, 6.45) is 5.89. The van der Waals surface area contributed by atoms with E-state index in [0.717, 1.165) is 39.1 Å². The first-order valence-electron chi connectivity index (χ1n) is 8.97. The molecule has 1 saturated heterocycles. The van der Waals surface area contributed by atoms with Gasteiger partial charge in [0.2, 0.25) is 5.91 Å². The van der Waals surface area contributed by atoms with Gasteiger partial charge in [-0.15, -0.1) is 0 Å². The Morgan fingerprint density at radius 1 is 1.17 bits per heavy atom. The lowest BCUT2D eigenvalue weighted by atomic mass is 9.88. The predicted molar refractivity (Wildman–Crippen MR) is 91.0 cm³/mol. The molecular weight excluding hydrogens is 288 g/mol. The molecule has 0 spiro atoms. The van der Waals surface area contributed by atoms with Gasteiger partial charge in [-0.1, -0.05) is 49.6 Å². The first kappa shape index (κ1) is 16.5. The first-order chi connectivity index (χ1) is 11.3. The highest BCUT2D eigenvalue weighted by Crippen LogP contribution is 2.23. The van der Waals surface area contributed by atoms with Crippen LogP contribution >= 0.6 is 0 Å². The van der Waals surface area contributed by atoms with E-state index in [0.29, 0.717) is 6.54 Å². The summed E-state index contributed by atoms with van der Waals surface area (Å²) in [4.78, 5) is 14.6. The van der Waals surface area contributed by atoms with E-state index in [4.69, 9.17) is 4.74 Å². The maximum atomic E-state index is 12.2. The largest absolute Gasteiger partial charge is 0.374 e. The van der Waals surface area contributed by atoms with Crippen LogP contribution in [0.3, 0.4) is 0 Å². The molecule has 1 aliphatic carbocycles. The normalized spacial score (nSPS) is 23.6. The van der Waals surface area contributed by atoms with Gasteiger partial charge in [-0.25, -0.2) is 0 Å². The molecule has 1 saturated carbocycles. The van der Waals surface area contributed by atoms with Gasteiger partial charge in [0, 0.05) is 32.1 Å². The molecule has 1 atom stereocenters. The summed E-state index contributed by atoms with van der Waals surface area (Å²) in [5, 5.41) is 3.12. The van der Waals surface area contributed by atoms with Crippen LogP contribution in [0.15, 0.2) is 30.3 Å². The molecule has 4 nitrogen and oxygen atoms in total. The molecule has 2 aliphatic rings. The molecule has 2 fully saturated rings. The van der Waals surface area contributed by atoms with Crippen molar-refractivity contribution in [1.82, 2.24) is 10.2 Å². The van der Waals surface area contributed by atoms with E-state index in [1.54, 1.807) is 0 Å². The Balaban J connectivity index is 1.42. The quantitative estimate of drug-likeness (QED) is 0.908. The van der Waals surface area contributed by atoms with Crippen LogP contribution in [0.2, 0.25) is 0 Å². The van der Waals surface area contributed by atoms with Crippen molar-refractivity contribution in [3.8, 4) is 0 Å². The van der Waals surface area contributed by atoms with Crippen LogP contribution in [-0.4, -0.2) is 43.2 Å². The van der Waals surface area contributed by atoms with E-state index in [9.17, 15) is 4.79 Å². The van der Waals surface area contributed by atoms with Gasteiger partial charge in [0.1, 0.15) is 0 Å². The van der Waals surface area contributed by atoms with Crippen molar-refractivity contribution >= 4 is 5.91 Å². The summed E-state index contributed by atoms with van der Waals surface area (Å²) in [5.74, 6) is 0.459. The molecule has 1 amide bonds. The van der Waals surface area contributed by atoms with Crippen molar-refractivity contribution < 1.29 is 9.53 Å². The molecule has 4 heteroatoms. The Hall–Kier alpha value is -1.39. The number of amides is 1. The summed E-state index contributed by atoms with van der Waals surface area (Å²) in [7, 11) is 0. The zero-order valence-electron chi connectivity index (χ0n) is 13.9. The van der Waals surface area contributed by atoms with Crippen molar-refractivity contribution in [3.63, 3.8) is 0 Å². The molecule has 0 radical (unpaired) electrons. The summed E-state index contributed by atoms with van der Waals surface area (Å²) >= 11 is 0. The van der Waals surface area contributed by atoms with Gasteiger partial charge in [0.25, 0.3) is 0 Å². The summed E-state index contributed by atoms with van der Waals surface area (Å²) in [6.45, 7) is 4.19. The smallest absolute Gasteiger partial charge is 0.223 e. The number of nitrogens with one attached hydrogen (secondary N) is 1. The second-order valence-electron chi connectivity index (χ2n) is 6.79. The Bertz CT molecular complexity index is 485. The van der Waals surface area contributed by atoms with Crippen LogP contribution < -0.4 is 5.32 Å². The molecule has 0 bridgehead atoms. The van der Waals surface area contributed by atoms with Crippen LogP contribution in [0, 0.1) is 5.92 Å². The van der Waals surface area contributed by atoms with Crippen molar-refractivity contribution in [2.24, 2.45) is 5.92 Å². The standard InChI is InChI=1S/C19H28N2O2/c22-19(17-9-5-2-6-10-17)20-13-18-15-21(11-12-23-18)14-16-7-3-1-4-8-16/h1,3-4,7-8,17-18H,2,5-6,9-15H2,(H,20,22). The number of ether oxygens (including phenoxy) is 1. The Kier molecular flexibility index (Phi) is 6.06. The summed E-state index contributed by atoms with van der Waals surface area (Å²) < 4.78 is 5.83. The minimum atomic E-state index is 0.111. The van der Waals surface area contributed by atoms with Crippen molar-refractivity contribution in [2.75, 3.05) is 26.2 Å². The fraction of sp³-hybridized carbons (Fsp3) is 0.632. The highest BCUT2D eigenvalue weighted by atomic mass is 16.5. The van der Waals surface area contributed by atoms with Gasteiger partial charge in [-0.3, -0.25) is 9.69 Å². The molecular formula is C19H28N2O2. The van der Waals surface area contributed by atoms with Crippen molar-refractivity contribution in [3.05, 3.63) is 35.9 Å². The van der Waals surface area contributed by atoms with Gasteiger partial charge in [0.15, 0.2) is 0 Å². The van der Waals surface area contributed by atoms with Crippen LogP contribution in [-0.2, 0) is 16.1 Å². The van der Waals surface area contributed by atoms with Crippen molar-refractivity contribution in [2.45, 2.75) is 44.8 Å². The first-order valence-corrected chi connectivity index (χ1v) is 8.97. The maximum absolute atomic E-state index is 12.2. The average molecular weight is 316 g/mol. The topological polar surface area (TPSA) is 41.6 Å². The van der Waals surface area contributed by atoms with Crippen LogP contribution in [0.25, 0.3) is 0 Å². The van der Waals surface area contributed by atoms with E-state index in [1.165, 1.54) is 24.8 Å². The number of nitrogens with zero attached hydrogens (tertiary/aromatic N) is 1. The molecule has 1 N–H and O–H groups in total. The molecule has 23 heavy (non-hydrogen) atoms. The highest BCUT2D eigenvalue weighted by Gasteiger charge is 2.24. The number of hydrogen-bond acceptors (Lipinski definition) is 3. The van der Waals surface area contributed by atoms with Gasteiger partial charge in [0.05, 0.1) is 12.7 Å². The second-order valence-corrected chi connectivity index (χ2v) is 6.79. The van der Waals surface area contributed by atoms with E-state index in [-0.39, 0.29) is 17.9 Å². The van der Waals surface area contributed by atoms with Crippen LogP contribution in [0.5, 0.6) is 0 Å². The van der Waals surface area contributed by atoms with E-state index in [1.807, 2.05) is 6.07 Å². The lowest BCUT2D eigenvalue weighted by molar-refractivity contribution is -0.127. The fourth-order valence-electron chi connectivity index (χ4n) is 3.61. The molecule has 0 aromatic heterocycles. The maximum Gasteiger partial charge on any atom is 0.223 e. The molecule has 1 heterocycles. The Labute approximate surface area is 139 Å². The molecule has 1 unspecified atom stereocenters. The van der Waals surface area contributed by atoms with E-state index >= 15 is 0 Å². The SMILES string of the molecule is O=C(NCC1CN(Cc2ccccc2)CCO1)C1CCCCC1. The Morgan fingerprint density at radius 2 is 1.96 bits per heavy atom. The third-order valence-corrected chi connectivity index (χ3v) is 4.95. The van der Waals surface area contributed by atoms with Crippen LogP contribution in [0.4, 0.5) is 0 Å². The molecule has 126 valence electrons. The number of morpholine rings is 1. The molecule has 3 rings (SSSR count). The predicted octanol–water partition coefficient (Wildman–Crippen LogP) is 2.58. The number of benzene rings is 1. The zero-order valence-corrected chi connectivity index (χ0v) is 13.9. The fourth-order valence-corrected chi connectivity index (χ4v) is 3.61. The lowest BCUT2D eigenvalue weighted by Gasteiger charge is -2.33. The number of carbonyl (C=O) groups excluding carboxylic acids is 1. The number of hydrogen-bond donors (Lipinski definition) is 1. The third kappa shape index (κ3) is 5.05. The third-order valence-electron chi connectivity index (χ3n) is 4.95. The highest BCUT2D eigenvalue weighted by molar-refractivity contribution is 5.78. The number of rotatable bonds is 5. The molecule has 1 aromatic carbocycles.